The van der Waals surface area contributed by atoms with Crippen molar-refractivity contribution in [2.45, 2.75) is 78.2 Å². The topological polar surface area (TPSA) is 155 Å². The summed E-state index contributed by atoms with van der Waals surface area (Å²) in [7, 11) is -3.92. The summed E-state index contributed by atoms with van der Waals surface area (Å²) in [5.74, 6) is -1.02. The molecule has 0 aromatic carbocycles. The Morgan fingerprint density at radius 2 is 1.74 bits per heavy atom. The molecule has 0 bridgehead atoms. The molecule has 0 spiro atoms. The molecule has 1 aliphatic carbocycles. The van der Waals surface area contributed by atoms with Crippen molar-refractivity contribution in [3.8, 4) is 0 Å². The number of aliphatic hydroxyl groups is 1. The third-order valence-corrected chi connectivity index (χ3v) is 6.86. The molecule has 1 saturated carbocycles. The average Bonchev–Trinajstić information content (AvgIpc) is 2.78. The number of rotatable bonds is 15. The molecular formula is C22H39NO10S. The van der Waals surface area contributed by atoms with Crippen LogP contribution in [0.5, 0.6) is 0 Å². The minimum Gasteiger partial charge on any atom is -0.434 e. The molecular weight excluding hydrogens is 470 g/mol. The fourth-order valence-corrected chi connectivity index (χ4v) is 4.57. The van der Waals surface area contributed by atoms with Crippen LogP contribution in [0.2, 0.25) is 0 Å². The lowest BCUT2D eigenvalue weighted by atomic mass is 9.86. The predicted molar refractivity (Wildman–Crippen MR) is 122 cm³/mol. The number of carbonyl (C=O) groups is 3. The second-order valence-electron chi connectivity index (χ2n) is 9.22. The lowest BCUT2D eigenvalue weighted by molar-refractivity contribution is -0.170. The van der Waals surface area contributed by atoms with Gasteiger partial charge in [0.2, 0.25) is 12.7 Å². The first-order chi connectivity index (χ1) is 15.9. The zero-order valence-corrected chi connectivity index (χ0v) is 21.2. The Kier molecular flexibility index (Phi) is 13.4. The number of carbonyl (C=O) groups excluding carboxylic acids is 3. The third kappa shape index (κ3) is 13.1. The number of hydrogen-bond donors (Lipinski definition) is 2. The normalized spacial score (nSPS) is 15.9. The summed E-state index contributed by atoms with van der Waals surface area (Å²) in [5.41, 5.74) is -1.30. The van der Waals surface area contributed by atoms with Crippen LogP contribution in [-0.2, 0) is 38.1 Å². The summed E-state index contributed by atoms with van der Waals surface area (Å²) in [6.45, 7) is 3.35. The SMILES string of the molecule is CC(=O)NCCCS(=O)(=O)OCC(C)(C)[C@@H](O)C(=O)OCOC(=O)OCCCC1CCCCC1. The van der Waals surface area contributed by atoms with Crippen molar-refractivity contribution in [2.24, 2.45) is 11.3 Å². The van der Waals surface area contributed by atoms with Gasteiger partial charge in [-0.3, -0.25) is 8.98 Å². The van der Waals surface area contributed by atoms with Crippen LogP contribution in [0.3, 0.4) is 0 Å². The Morgan fingerprint density at radius 1 is 1.06 bits per heavy atom. The molecule has 12 heteroatoms. The molecule has 0 saturated heterocycles. The molecule has 0 aromatic heterocycles. The van der Waals surface area contributed by atoms with Crippen molar-refractivity contribution < 1.29 is 46.3 Å². The molecule has 0 heterocycles. The molecule has 34 heavy (non-hydrogen) atoms. The zero-order valence-electron chi connectivity index (χ0n) is 20.4. The summed E-state index contributed by atoms with van der Waals surface area (Å²) in [6, 6.07) is 0. The monoisotopic (exact) mass is 509 g/mol. The summed E-state index contributed by atoms with van der Waals surface area (Å²) in [6.07, 6.45) is 5.42. The van der Waals surface area contributed by atoms with E-state index < -0.39 is 47.2 Å². The molecule has 2 N–H and O–H groups in total. The lowest BCUT2D eigenvalue weighted by Crippen LogP contribution is -2.42. The van der Waals surface area contributed by atoms with Crippen LogP contribution in [-0.4, -0.2) is 70.0 Å². The largest absolute Gasteiger partial charge is 0.511 e. The highest BCUT2D eigenvalue weighted by molar-refractivity contribution is 7.86. The second kappa shape index (κ2) is 15.2. The first-order valence-corrected chi connectivity index (χ1v) is 13.3. The minimum absolute atomic E-state index is 0.154. The van der Waals surface area contributed by atoms with Crippen LogP contribution in [0, 0.1) is 11.3 Å². The summed E-state index contributed by atoms with van der Waals surface area (Å²) >= 11 is 0. The Balaban J connectivity index is 2.24. The number of amides is 1. The number of esters is 1. The van der Waals surface area contributed by atoms with Crippen molar-refractivity contribution in [1.82, 2.24) is 5.32 Å². The minimum atomic E-state index is -3.92. The van der Waals surface area contributed by atoms with Gasteiger partial charge in [0.15, 0.2) is 6.10 Å². The van der Waals surface area contributed by atoms with E-state index in [2.05, 4.69) is 10.1 Å². The van der Waals surface area contributed by atoms with Crippen LogP contribution in [0.1, 0.15) is 72.1 Å². The van der Waals surface area contributed by atoms with Crippen molar-refractivity contribution in [3.05, 3.63) is 0 Å². The van der Waals surface area contributed by atoms with Crippen LogP contribution in [0.4, 0.5) is 4.79 Å². The molecule has 1 amide bonds. The van der Waals surface area contributed by atoms with Gasteiger partial charge < -0.3 is 24.6 Å². The molecule has 0 aliphatic heterocycles. The molecule has 0 radical (unpaired) electrons. The average molecular weight is 510 g/mol. The van der Waals surface area contributed by atoms with E-state index >= 15 is 0 Å². The fraction of sp³-hybridized carbons (Fsp3) is 0.864. The quantitative estimate of drug-likeness (QED) is 0.145. The van der Waals surface area contributed by atoms with Gasteiger partial charge in [0.25, 0.3) is 10.1 Å². The van der Waals surface area contributed by atoms with Gasteiger partial charge in [0.1, 0.15) is 0 Å². The van der Waals surface area contributed by atoms with Crippen molar-refractivity contribution in [3.63, 3.8) is 0 Å². The van der Waals surface area contributed by atoms with E-state index in [1.165, 1.54) is 52.9 Å². The summed E-state index contributed by atoms with van der Waals surface area (Å²) in [5, 5.41) is 12.7. The van der Waals surface area contributed by atoms with Crippen molar-refractivity contribution in [2.75, 3.05) is 32.3 Å². The van der Waals surface area contributed by atoms with E-state index in [1.807, 2.05) is 0 Å². The van der Waals surface area contributed by atoms with Gasteiger partial charge in [0, 0.05) is 18.9 Å². The van der Waals surface area contributed by atoms with Gasteiger partial charge in [-0.25, -0.2) is 9.59 Å². The highest BCUT2D eigenvalue weighted by atomic mass is 32.2. The molecule has 1 rings (SSSR count). The van der Waals surface area contributed by atoms with Gasteiger partial charge in [-0.1, -0.05) is 46.0 Å². The van der Waals surface area contributed by atoms with Gasteiger partial charge in [-0.05, 0) is 25.2 Å². The lowest BCUT2D eigenvalue weighted by Gasteiger charge is -2.28. The number of nitrogens with one attached hydrogen (secondary N) is 1. The highest BCUT2D eigenvalue weighted by Gasteiger charge is 2.36. The van der Waals surface area contributed by atoms with E-state index in [4.69, 9.17) is 13.7 Å². The predicted octanol–water partition coefficient (Wildman–Crippen LogP) is 2.26. The zero-order chi connectivity index (χ0) is 25.6. The number of aliphatic hydroxyl groups excluding tert-OH is 1. The summed E-state index contributed by atoms with van der Waals surface area (Å²) < 4.78 is 43.2. The maximum Gasteiger partial charge on any atom is 0.511 e. The highest BCUT2D eigenvalue weighted by Crippen LogP contribution is 2.27. The van der Waals surface area contributed by atoms with Crippen LogP contribution in [0.15, 0.2) is 0 Å². The second-order valence-corrected chi connectivity index (χ2v) is 11.0. The Labute approximate surface area is 202 Å². The maximum absolute atomic E-state index is 12.1. The van der Waals surface area contributed by atoms with Gasteiger partial charge >= 0.3 is 12.1 Å². The number of ether oxygens (including phenoxy) is 3. The van der Waals surface area contributed by atoms with Gasteiger partial charge in [0.05, 0.1) is 19.0 Å². The first-order valence-electron chi connectivity index (χ1n) is 11.7. The standard InChI is InChI=1S/C22H39NO10S/c1-17(24)23-12-8-14-34(28,29)33-15-22(2,3)19(25)20(26)31-16-32-21(27)30-13-7-11-18-9-5-4-6-10-18/h18-19,25H,4-16H2,1-3H3,(H,23,24)/t19-/m0/s1. The first kappa shape index (κ1) is 30.1. The molecule has 11 nitrogen and oxygen atoms in total. The van der Waals surface area contributed by atoms with E-state index in [0.29, 0.717) is 5.92 Å². The van der Waals surface area contributed by atoms with E-state index in [9.17, 15) is 27.9 Å². The molecule has 1 fully saturated rings. The third-order valence-electron chi connectivity index (χ3n) is 5.60. The van der Waals surface area contributed by atoms with Crippen molar-refractivity contribution >= 4 is 28.1 Å². The Hall–Kier alpha value is -1.92. The van der Waals surface area contributed by atoms with Gasteiger partial charge in [-0.2, -0.15) is 8.42 Å². The molecule has 198 valence electrons. The van der Waals surface area contributed by atoms with E-state index in [1.54, 1.807) is 0 Å². The molecule has 0 unspecified atom stereocenters. The van der Waals surface area contributed by atoms with E-state index in [-0.39, 0.29) is 31.2 Å². The Bertz CT molecular complexity index is 747. The number of hydrogen-bond acceptors (Lipinski definition) is 10. The smallest absolute Gasteiger partial charge is 0.434 e. The Morgan fingerprint density at radius 3 is 2.38 bits per heavy atom. The van der Waals surface area contributed by atoms with Crippen LogP contribution >= 0.6 is 0 Å². The van der Waals surface area contributed by atoms with E-state index in [0.717, 1.165) is 12.8 Å². The maximum atomic E-state index is 12.1. The molecule has 1 aliphatic rings. The molecule has 0 aromatic rings. The fourth-order valence-electron chi connectivity index (χ4n) is 3.47. The van der Waals surface area contributed by atoms with Crippen molar-refractivity contribution in [1.29, 1.82) is 0 Å². The summed E-state index contributed by atoms with van der Waals surface area (Å²) in [4.78, 5) is 34.4. The molecule has 1 atom stereocenters. The van der Waals surface area contributed by atoms with Crippen LogP contribution < -0.4 is 5.32 Å². The van der Waals surface area contributed by atoms with Gasteiger partial charge in [-0.15, -0.1) is 0 Å². The van der Waals surface area contributed by atoms with Crippen LogP contribution in [0.25, 0.3) is 0 Å².